The molecule has 7 heteroatoms. The molecule has 1 saturated heterocycles. The number of carbonyl (C=O) groups is 2. The molecule has 1 fully saturated rings. The van der Waals surface area contributed by atoms with Crippen molar-refractivity contribution in [3.05, 3.63) is 98.8 Å². The molecule has 1 N–H and O–H groups in total. The van der Waals surface area contributed by atoms with E-state index in [0.717, 1.165) is 22.8 Å². The highest BCUT2D eigenvalue weighted by Gasteiger charge is 2.47. The van der Waals surface area contributed by atoms with Gasteiger partial charge in [-0.25, -0.2) is 4.39 Å². The number of anilines is 1. The zero-order valence-electron chi connectivity index (χ0n) is 21.6. The third kappa shape index (κ3) is 4.74. The average molecular weight is 522 g/mol. The third-order valence-corrected chi connectivity index (χ3v) is 6.89. The molecule has 4 rings (SSSR count). The highest BCUT2D eigenvalue weighted by Crippen LogP contribution is 2.44. The Morgan fingerprint density at radius 2 is 1.68 bits per heavy atom. The molecule has 3 aromatic carbocycles. The van der Waals surface area contributed by atoms with Gasteiger partial charge in [0.2, 0.25) is 0 Å². The maximum Gasteiger partial charge on any atom is 0.300 e. The second-order valence-corrected chi connectivity index (χ2v) is 10.7. The van der Waals surface area contributed by atoms with Crippen LogP contribution >= 0.6 is 11.6 Å². The molecule has 0 bridgehead atoms. The van der Waals surface area contributed by atoms with Crippen LogP contribution in [-0.4, -0.2) is 23.9 Å². The Morgan fingerprint density at radius 1 is 1.03 bits per heavy atom. The highest BCUT2D eigenvalue weighted by molar-refractivity contribution is 6.51. The standard InChI is InChI=1S/C30H29ClFNO4/c1-16-13-17(2)28(37-6)21(14-16)26(34)24-25(18-7-9-19(10-8-18)30(3,4)5)33(29(36)27(24)35)20-11-12-23(32)22(31)15-20/h7-15,25,34H,1-6H3/b26-24+. The molecule has 1 amide bonds. The van der Waals surface area contributed by atoms with E-state index in [2.05, 4.69) is 20.8 Å². The largest absolute Gasteiger partial charge is 0.507 e. The molecule has 1 aliphatic rings. The molecule has 0 saturated carbocycles. The van der Waals surface area contributed by atoms with Crippen molar-refractivity contribution in [2.24, 2.45) is 0 Å². The fourth-order valence-electron chi connectivity index (χ4n) is 4.76. The molecule has 0 aromatic heterocycles. The lowest BCUT2D eigenvalue weighted by atomic mass is 9.85. The SMILES string of the molecule is COc1c(C)cc(C)cc1/C(O)=C1\C(=O)C(=O)N(c2ccc(F)c(Cl)c2)C1c1ccc(C(C)(C)C)cc1. The first-order chi connectivity index (χ1) is 17.3. The number of Topliss-reactive ketones (excluding diaryl/α,β-unsaturated/α-hetero) is 1. The average Bonchev–Trinajstić information content (AvgIpc) is 3.10. The van der Waals surface area contributed by atoms with Crippen molar-refractivity contribution >= 4 is 34.7 Å². The predicted octanol–water partition coefficient (Wildman–Crippen LogP) is 7.03. The number of hydrogen-bond acceptors (Lipinski definition) is 4. The molecule has 5 nitrogen and oxygen atoms in total. The number of halogens is 2. The van der Waals surface area contributed by atoms with E-state index in [-0.39, 0.29) is 27.5 Å². The van der Waals surface area contributed by atoms with Crippen LogP contribution < -0.4 is 9.64 Å². The van der Waals surface area contributed by atoms with Crippen LogP contribution in [0.1, 0.15) is 54.6 Å². The van der Waals surface area contributed by atoms with Crippen molar-refractivity contribution in [1.29, 1.82) is 0 Å². The van der Waals surface area contributed by atoms with Crippen molar-refractivity contribution < 1.29 is 23.8 Å². The Bertz CT molecular complexity index is 1440. The molecule has 1 aliphatic heterocycles. The first kappa shape index (κ1) is 26.4. The Hall–Kier alpha value is -3.64. The van der Waals surface area contributed by atoms with Gasteiger partial charge in [0, 0.05) is 5.69 Å². The van der Waals surface area contributed by atoms with Crippen molar-refractivity contribution in [1.82, 2.24) is 0 Å². The lowest BCUT2D eigenvalue weighted by Gasteiger charge is -2.27. The zero-order chi connectivity index (χ0) is 27.2. The van der Waals surface area contributed by atoms with E-state index >= 15 is 0 Å². The van der Waals surface area contributed by atoms with Gasteiger partial charge in [0.05, 0.1) is 29.3 Å². The number of benzene rings is 3. The summed E-state index contributed by atoms with van der Waals surface area (Å²) in [6, 6.07) is 14.0. The normalized spacial score (nSPS) is 17.4. The molecule has 0 aliphatic carbocycles. The number of ether oxygens (including phenoxy) is 1. The minimum Gasteiger partial charge on any atom is -0.507 e. The van der Waals surface area contributed by atoms with Gasteiger partial charge < -0.3 is 9.84 Å². The summed E-state index contributed by atoms with van der Waals surface area (Å²) in [7, 11) is 1.48. The van der Waals surface area contributed by atoms with Gasteiger partial charge in [0.25, 0.3) is 11.7 Å². The van der Waals surface area contributed by atoms with E-state index in [1.165, 1.54) is 24.1 Å². The summed E-state index contributed by atoms with van der Waals surface area (Å²) < 4.78 is 19.5. The number of carbonyl (C=O) groups excluding carboxylic acids is 2. The minimum atomic E-state index is -0.971. The number of rotatable bonds is 4. The van der Waals surface area contributed by atoms with Crippen LogP contribution in [0.4, 0.5) is 10.1 Å². The van der Waals surface area contributed by atoms with Crippen molar-refractivity contribution in [2.75, 3.05) is 12.0 Å². The van der Waals surface area contributed by atoms with Gasteiger partial charge in [-0.1, -0.05) is 62.7 Å². The van der Waals surface area contributed by atoms with Gasteiger partial charge in [-0.3, -0.25) is 14.5 Å². The number of hydrogen-bond donors (Lipinski definition) is 1. The number of nitrogens with zero attached hydrogens (tertiary/aromatic N) is 1. The van der Waals surface area contributed by atoms with Crippen LogP contribution in [0.25, 0.3) is 5.76 Å². The fraction of sp³-hybridized carbons (Fsp3) is 0.267. The van der Waals surface area contributed by atoms with E-state index in [1.807, 2.05) is 44.2 Å². The van der Waals surface area contributed by atoms with Crippen molar-refractivity contribution in [3.8, 4) is 5.75 Å². The first-order valence-corrected chi connectivity index (χ1v) is 12.2. The van der Waals surface area contributed by atoms with Gasteiger partial charge >= 0.3 is 0 Å². The molecule has 3 aromatic rings. The Labute approximate surface area is 221 Å². The Balaban J connectivity index is 2.00. The summed E-state index contributed by atoms with van der Waals surface area (Å²) in [5.41, 5.74) is 3.65. The number of ketones is 1. The Morgan fingerprint density at radius 3 is 2.24 bits per heavy atom. The number of aliphatic hydroxyl groups is 1. The molecule has 1 atom stereocenters. The number of methoxy groups -OCH3 is 1. The van der Waals surface area contributed by atoms with Crippen LogP contribution in [0.5, 0.6) is 5.75 Å². The predicted molar refractivity (Wildman–Crippen MR) is 144 cm³/mol. The van der Waals surface area contributed by atoms with Crippen LogP contribution in [0.3, 0.4) is 0 Å². The second kappa shape index (κ2) is 9.67. The second-order valence-electron chi connectivity index (χ2n) is 10.3. The number of amides is 1. The van der Waals surface area contributed by atoms with Crippen molar-refractivity contribution in [2.45, 2.75) is 46.1 Å². The molecule has 0 radical (unpaired) electrons. The third-order valence-electron chi connectivity index (χ3n) is 6.60. The molecule has 37 heavy (non-hydrogen) atoms. The van der Waals surface area contributed by atoms with E-state index in [1.54, 1.807) is 6.07 Å². The summed E-state index contributed by atoms with van der Waals surface area (Å²) in [5, 5.41) is 11.4. The summed E-state index contributed by atoms with van der Waals surface area (Å²) in [6.45, 7) is 9.96. The summed E-state index contributed by atoms with van der Waals surface area (Å²) in [5.74, 6) is -2.29. The lowest BCUT2D eigenvalue weighted by molar-refractivity contribution is -0.132. The first-order valence-electron chi connectivity index (χ1n) is 11.9. The van der Waals surface area contributed by atoms with Gasteiger partial charge in [-0.15, -0.1) is 0 Å². The topological polar surface area (TPSA) is 66.8 Å². The van der Waals surface area contributed by atoms with Crippen molar-refractivity contribution in [3.63, 3.8) is 0 Å². The van der Waals surface area contributed by atoms with E-state index in [4.69, 9.17) is 16.3 Å². The van der Waals surface area contributed by atoms with Gasteiger partial charge in [0.15, 0.2) is 0 Å². The smallest absolute Gasteiger partial charge is 0.300 e. The molecule has 1 heterocycles. The number of aliphatic hydroxyl groups excluding tert-OH is 1. The maximum atomic E-state index is 14.0. The molecule has 0 spiro atoms. The van der Waals surface area contributed by atoms with Crippen LogP contribution in [0, 0.1) is 19.7 Å². The van der Waals surface area contributed by atoms with Gasteiger partial charge in [0.1, 0.15) is 17.3 Å². The summed E-state index contributed by atoms with van der Waals surface area (Å²) >= 11 is 6.03. The maximum absolute atomic E-state index is 14.0. The van der Waals surface area contributed by atoms with Crippen LogP contribution in [0.2, 0.25) is 5.02 Å². The van der Waals surface area contributed by atoms with Crippen LogP contribution in [-0.2, 0) is 15.0 Å². The zero-order valence-corrected chi connectivity index (χ0v) is 22.4. The molecule has 1 unspecified atom stereocenters. The quantitative estimate of drug-likeness (QED) is 0.227. The monoisotopic (exact) mass is 521 g/mol. The fourth-order valence-corrected chi connectivity index (χ4v) is 4.94. The Kier molecular flexibility index (Phi) is 6.91. The van der Waals surface area contributed by atoms with E-state index in [9.17, 15) is 19.1 Å². The summed E-state index contributed by atoms with van der Waals surface area (Å²) in [4.78, 5) is 28.1. The highest BCUT2D eigenvalue weighted by atomic mass is 35.5. The van der Waals surface area contributed by atoms with Crippen LogP contribution in [0.15, 0.2) is 60.2 Å². The van der Waals surface area contributed by atoms with Gasteiger partial charge in [-0.05, 0) is 65.8 Å². The number of aryl methyl sites for hydroxylation is 2. The van der Waals surface area contributed by atoms with E-state index < -0.39 is 23.5 Å². The van der Waals surface area contributed by atoms with Gasteiger partial charge in [-0.2, -0.15) is 0 Å². The van der Waals surface area contributed by atoms with E-state index in [0.29, 0.717) is 16.9 Å². The molecular formula is C30H29ClFNO4. The molecular weight excluding hydrogens is 493 g/mol. The molecule has 192 valence electrons. The summed E-state index contributed by atoms with van der Waals surface area (Å²) in [6.07, 6.45) is 0. The lowest BCUT2D eigenvalue weighted by Crippen LogP contribution is -2.29. The minimum absolute atomic E-state index is 0.0859.